The van der Waals surface area contributed by atoms with E-state index in [0.29, 0.717) is 16.9 Å². The van der Waals surface area contributed by atoms with Gasteiger partial charge in [-0.2, -0.15) is 10.2 Å². The van der Waals surface area contributed by atoms with Crippen LogP contribution >= 0.6 is 15.9 Å². The van der Waals surface area contributed by atoms with Crippen molar-refractivity contribution in [2.45, 2.75) is 42.6 Å². The van der Waals surface area contributed by atoms with Gasteiger partial charge in [0.1, 0.15) is 0 Å². The standard InChI is InChI=1S/C15H16BrN3/c16-10-7-11-5-6-12(8-10)19(11)15-9-17-18-14-4-2-1-3-13(14)15/h1-4,9-12H,5-8H2. The largest absolute Gasteiger partial charge is 0.364 e. The number of hydrogen-bond donors (Lipinski definition) is 0. The van der Waals surface area contributed by atoms with E-state index in [9.17, 15) is 0 Å². The number of fused-ring (bicyclic) bond motifs is 3. The highest BCUT2D eigenvalue weighted by Crippen LogP contribution is 2.42. The Labute approximate surface area is 121 Å². The predicted molar refractivity (Wildman–Crippen MR) is 80.8 cm³/mol. The molecule has 2 fully saturated rings. The number of aromatic nitrogens is 2. The Bertz CT molecular complexity index is 596. The zero-order valence-electron chi connectivity index (χ0n) is 10.7. The molecule has 19 heavy (non-hydrogen) atoms. The Kier molecular flexibility index (Phi) is 2.72. The molecule has 0 radical (unpaired) electrons. The molecular weight excluding hydrogens is 302 g/mol. The van der Waals surface area contributed by atoms with E-state index in [-0.39, 0.29) is 0 Å². The Morgan fingerprint density at radius 3 is 2.63 bits per heavy atom. The molecule has 3 heterocycles. The second-order valence-electron chi connectivity index (χ2n) is 5.61. The van der Waals surface area contributed by atoms with E-state index in [2.05, 4.69) is 43.2 Å². The van der Waals surface area contributed by atoms with Gasteiger partial charge in [0.15, 0.2) is 0 Å². The molecule has 4 rings (SSSR count). The second kappa shape index (κ2) is 4.44. The minimum absolute atomic E-state index is 0.663. The number of anilines is 1. The van der Waals surface area contributed by atoms with Crippen LogP contribution in [0.4, 0.5) is 5.69 Å². The van der Waals surface area contributed by atoms with Gasteiger partial charge in [0.2, 0.25) is 0 Å². The van der Waals surface area contributed by atoms with Crippen LogP contribution in [0.15, 0.2) is 30.5 Å². The van der Waals surface area contributed by atoms with Gasteiger partial charge >= 0.3 is 0 Å². The first-order valence-corrected chi connectivity index (χ1v) is 7.87. The Morgan fingerprint density at radius 2 is 1.84 bits per heavy atom. The number of alkyl halides is 1. The first-order chi connectivity index (χ1) is 9.33. The van der Waals surface area contributed by atoms with Crippen molar-refractivity contribution in [2.24, 2.45) is 0 Å². The average molecular weight is 318 g/mol. The van der Waals surface area contributed by atoms with Crippen molar-refractivity contribution in [2.75, 3.05) is 4.90 Å². The Morgan fingerprint density at radius 1 is 1.11 bits per heavy atom. The van der Waals surface area contributed by atoms with Gasteiger partial charge in [-0.25, -0.2) is 0 Å². The third-order valence-electron chi connectivity index (χ3n) is 4.48. The van der Waals surface area contributed by atoms with Gasteiger partial charge in [-0.3, -0.25) is 0 Å². The topological polar surface area (TPSA) is 29.0 Å². The molecule has 3 nitrogen and oxygen atoms in total. The van der Waals surface area contributed by atoms with Crippen LogP contribution < -0.4 is 4.90 Å². The SMILES string of the molecule is BrC1CC2CCC(C1)N2c1cnnc2ccccc12. The molecule has 1 aromatic heterocycles. The summed E-state index contributed by atoms with van der Waals surface area (Å²) in [6, 6.07) is 9.66. The summed E-state index contributed by atoms with van der Waals surface area (Å²) in [5, 5.41) is 9.67. The summed E-state index contributed by atoms with van der Waals surface area (Å²) in [7, 11) is 0. The highest BCUT2D eigenvalue weighted by atomic mass is 79.9. The van der Waals surface area contributed by atoms with Crippen LogP contribution in [0.2, 0.25) is 0 Å². The highest BCUT2D eigenvalue weighted by molar-refractivity contribution is 9.09. The lowest BCUT2D eigenvalue weighted by molar-refractivity contribution is 0.484. The maximum absolute atomic E-state index is 4.24. The quantitative estimate of drug-likeness (QED) is 0.753. The van der Waals surface area contributed by atoms with E-state index in [1.165, 1.54) is 36.8 Å². The highest BCUT2D eigenvalue weighted by Gasteiger charge is 2.40. The minimum atomic E-state index is 0.663. The number of rotatable bonds is 1. The normalized spacial score (nSPS) is 29.9. The summed E-state index contributed by atoms with van der Waals surface area (Å²) in [4.78, 5) is 3.29. The molecule has 0 amide bonds. The molecule has 0 saturated carbocycles. The first kappa shape index (κ1) is 11.6. The van der Waals surface area contributed by atoms with Crippen molar-refractivity contribution in [1.29, 1.82) is 0 Å². The van der Waals surface area contributed by atoms with E-state index < -0.39 is 0 Å². The molecule has 4 heteroatoms. The lowest BCUT2D eigenvalue weighted by Gasteiger charge is -2.39. The second-order valence-corrected chi connectivity index (χ2v) is 6.90. The fourth-order valence-corrected chi connectivity index (χ4v) is 4.57. The maximum Gasteiger partial charge on any atom is 0.0950 e. The maximum atomic E-state index is 4.24. The van der Waals surface area contributed by atoms with Gasteiger partial charge in [0.05, 0.1) is 17.4 Å². The van der Waals surface area contributed by atoms with Crippen LogP contribution in [-0.4, -0.2) is 27.1 Å². The van der Waals surface area contributed by atoms with E-state index in [4.69, 9.17) is 0 Å². The van der Waals surface area contributed by atoms with Gasteiger partial charge < -0.3 is 4.90 Å². The Hall–Kier alpha value is -1.16. The smallest absolute Gasteiger partial charge is 0.0950 e. The molecule has 2 unspecified atom stereocenters. The molecule has 0 aliphatic carbocycles. The summed E-state index contributed by atoms with van der Waals surface area (Å²) < 4.78 is 0. The third-order valence-corrected chi connectivity index (χ3v) is 5.23. The van der Waals surface area contributed by atoms with Crippen molar-refractivity contribution in [3.8, 4) is 0 Å². The molecule has 98 valence electrons. The van der Waals surface area contributed by atoms with Crippen molar-refractivity contribution in [1.82, 2.24) is 10.2 Å². The van der Waals surface area contributed by atoms with Crippen molar-refractivity contribution in [3.63, 3.8) is 0 Å². The van der Waals surface area contributed by atoms with Crippen molar-refractivity contribution in [3.05, 3.63) is 30.5 Å². The van der Waals surface area contributed by atoms with Crippen LogP contribution in [0.5, 0.6) is 0 Å². The van der Waals surface area contributed by atoms with Gasteiger partial charge in [-0.15, -0.1) is 0 Å². The first-order valence-electron chi connectivity index (χ1n) is 6.96. The van der Waals surface area contributed by atoms with E-state index in [1.54, 1.807) is 0 Å². The van der Waals surface area contributed by atoms with Gasteiger partial charge in [-0.05, 0) is 31.7 Å². The fourth-order valence-electron chi connectivity index (χ4n) is 3.70. The van der Waals surface area contributed by atoms with Gasteiger partial charge in [-0.1, -0.05) is 34.1 Å². The molecule has 2 bridgehead atoms. The molecule has 0 N–H and O–H groups in total. The van der Waals surface area contributed by atoms with E-state index >= 15 is 0 Å². The van der Waals surface area contributed by atoms with Crippen molar-refractivity contribution >= 4 is 32.5 Å². The number of nitrogens with zero attached hydrogens (tertiary/aromatic N) is 3. The lowest BCUT2D eigenvalue weighted by atomic mass is 10.0. The zero-order chi connectivity index (χ0) is 12.8. The van der Waals surface area contributed by atoms with E-state index in [0.717, 1.165) is 5.52 Å². The molecule has 0 spiro atoms. The zero-order valence-corrected chi connectivity index (χ0v) is 12.3. The summed E-state index contributed by atoms with van der Waals surface area (Å²) in [6.07, 6.45) is 7.05. The summed E-state index contributed by atoms with van der Waals surface area (Å²) in [5.41, 5.74) is 2.28. The van der Waals surface area contributed by atoms with Gasteiger partial charge in [0, 0.05) is 22.3 Å². The summed E-state index contributed by atoms with van der Waals surface area (Å²) in [6.45, 7) is 0. The van der Waals surface area contributed by atoms with Crippen LogP contribution in [0, 0.1) is 0 Å². The third kappa shape index (κ3) is 1.84. The number of halogens is 1. The monoisotopic (exact) mass is 317 g/mol. The molecule has 2 atom stereocenters. The molecule has 2 aliphatic heterocycles. The molecule has 2 aromatic rings. The van der Waals surface area contributed by atoms with E-state index in [1.807, 2.05) is 18.3 Å². The molecule has 1 aromatic carbocycles. The van der Waals surface area contributed by atoms with Gasteiger partial charge in [0.25, 0.3) is 0 Å². The van der Waals surface area contributed by atoms with Crippen molar-refractivity contribution < 1.29 is 0 Å². The number of hydrogen-bond acceptors (Lipinski definition) is 3. The average Bonchev–Trinajstić information content (AvgIpc) is 2.70. The molecular formula is C15H16BrN3. The minimum Gasteiger partial charge on any atom is -0.364 e. The van der Waals surface area contributed by atoms with Crippen LogP contribution in [0.25, 0.3) is 10.9 Å². The summed E-state index contributed by atoms with van der Waals surface area (Å²) >= 11 is 3.80. The van der Waals surface area contributed by atoms with Crippen LogP contribution in [0.3, 0.4) is 0 Å². The van der Waals surface area contributed by atoms with Crippen LogP contribution in [-0.2, 0) is 0 Å². The molecule has 2 saturated heterocycles. The predicted octanol–water partition coefficient (Wildman–Crippen LogP) is 3.52. The number of piperidine rings is 1. The lowest BCUT2D eigenvalue weighted by Crippen LogP contribution is -2.43. The van der Waals surface area contributed by atoms with Crippen LogP contribution in [0.1, 0.15) is 25.7 Å². The fraction of sp³-hybridized carbons (Fsp3) is 0.467. The Balaban J connectivity index is 1.83. The number of benzene rings is 1. The summed E-state index contributed by atoms with van der Waals surface area (Å²) in [5.74, 6) is 0. The molecule has 2 aliphatic rings.